The van der Waals surface area contributed by atoms with Crippen molar-refractivity contribution in [3.63, 3.8) is 0 Å². The molecule has 1 aliphatic rings. The summed E-state index contributed by atoms with van der Waals surface area (Å²) in [6.07, 6.45) is 0.941. The number of aryl methyl sites for hydroxylation is 1. The molecule has 2 N–H and O–H groups in total. The zero-order chi connectivity index (χ0) is 14.1. The van der Waals surface area contributed by atoms with Crippen molar-refractivity contribution in [2.75, 3.05) is 13.1 Å². The summed E-state index contributed by atoms with van der Waals surface area (Å²) in [4.78, 5) is 16.6. The summed E-state index contributed by atoms with van der Waals surface area (Å²) in [6, 6.07) is 6.35. The van der Waals surface area contributed by atoms with Gasteiger partial charge in [-0.25, -0.2) is 4.39 Å². The largest absolute Gasteiger partial charge is 0.348 e. The van der Waals surface area contributed by atoms with E-state index in [4.69, 9.17) is 0 Å². The summed E-state index contributed by atoms with van der Waals surface area (Å²) in [5, 5.41) is 6.97. The maximum absolute atomic E-state index is 13.2. The fourth-order valence-electron chi connectivity index (χ4n) is 2.51. The Labute approximate surface area is 140 Å². The van der Waals surface area contributed by atoms with Crippen LogP contribution >= 0.6 is 24.8 Å². The van der Waals surface area contributed by atoms with E-state index in [1.54, 1.807) is 19.1 Å². The van der Waals surface area contributed by atoms with Crippen molar-refractivity contribution in [1.29, 1.82) is 0 Å². The first-order chi connectivity index (χ1) is 9.63. The molecule has 4 nitrogen and oxygen atoms in total. The monoisotopic (exact) mass is 345 g/mol. The molecule has 7 heteroatoms. The average Bonchev–Trinajstić information content (AvgIpc) is 2.90. The summed E-state index contributed by atoms with van der Waals surface area (Å²) < 4.78 is 13.2. The van der Waals surface area contributed by atoms with Crippen LogP contribution in [-0.2, 0) is 0 Å². The number of carbonyl (C=O) groups is 1. The minimum atomic E-state index is -0.321. The van der Waals surface area contributed by atoms with Crippen LogP contribution in [0.1, 0.15) is 22.5 Å². The van der Waals surface area contributed by atoms with Crippen molar-refractivity contribution in [2.24, 2.45) is 0 Å². The first-order valence-corrected chi connectivity index (χ1v) is 6.72. The molecule has 1 atom stereocenters. The van der Waals surface area contributed by atoms with Gasteiger partial charge < -0.3 is 10.6 Å². The summed E-state index contributed by atoms with van der Waals surface area (Å²) in [5.74, 6) is -0.437. The average molecular weight is 346 g/mol. The molecule has 120 valence electrons. The summed E-state index contributed by atoms with van der Waals surface area (Å²) in [5.41, 5.74) is 1.74. The normalized spacial score (nSPS) is 16.7. The zero-order valence-electron chi connectivity index (χ0n) is 12.1. The molecule has 3 rings (SSSR count). The lowest BCUT2D eigenvalue weighted by Crippen LogP contribution is -2.36. The first kappa shape index (κ1) is 18.6. The molecule has 0 bridgehead atoms. The van der Waals surface area contributed by atoms with Gasteiger partial charge in [-0.15, -0.1) is 24.8 Å². The number of nitrogens with one attached hydrogen (secondary N) is 2. The lowest BCUT2D eigenvalue weighted by molar-refractivity contribution is 0.0939. The Morgan fingerprint density at radius 2 is 2.14 bits per heavy atom. The van der Waals surface area contributed by atoms with Gasteiger partial charge in [-0.3, -0.25) is 9.78 Å². The third kappa shape index (κ3) is 3.85. The van der Waals surface area contributed by atoms with Crippen molar-refractivity contribution < 1.29 is 9.18 Å². The summed E-state index contributed by atoms with van der Waals surface area (Å²) >= 11 is 0. The van der Waals surface area contributed by atoms with Crippen LogP contribution in [0.5, 0.6) is 0 Å². The predicted octanol–water partition coefficient (Wildman–Crippen LogP) is 2.62. The van der Waals surface area contributed by atoms with E-state index in [-0.39, 0.29) is 42.6 Å². The van der Waals surface area contributed by atoms with Crippen LogP contribution in [0.2, 0.25) is 0 Å². The molecular weight excluding hydrogens is 328 g/mol. The van der Waals surface area contributed by atoms with Gasteiger partial charge in [0.05, 0.1) is 16.8 Å². The number of benzene rings is 1. The minimum absolute atomic E-state index is 0. The second kappa shape index (κ2) is 7.72. The lowest BCUT2D eigenvalue weighted by atomic mass is 10.1. The summed E-state index contributed by atoms with van der Waals surface area (Å²) in [6.45, 7) is 3.50. The topological polar surface area (TPSA) is 54.0 Å². The minimum Gasteiger partial charge on any atom is -0.348 e. The first-order valence-electron chi connectivity index (χ1n) is 6.72. The Morgan fingerprint density at radius 1 is 1.36 bits per heavy atom. The van der Waals surface area contributed by atoms with E-state index < -0.39 is 0 Å². The Morgan fingerprint density at radius 3 is 2.82 bits per heavy atom. The highest BCUT2D eigenvalue weighted by atomic mass is 35.5. The molecule has 1 aromatic heterocycles. The second-order valence-corrected chi connectivity index (χ2v) is 5.12. The van der Waals surface area contributed by atoms with E-state index >= 15 is 0 Å². The number of rotatable bonds is 2. The quantitative estimate of drug-likeness (QED) is 0.879. The Bertz CT molecular complexity index is 675. The van der Waals surface area contributed by atoms with E-state index in [1.807, 2.05) is 0 Å². The highest BCUT2D eigenvalue weighted by Gasteiger charge is 2.19. The fourth-order valence-corrected chi connectivity index (χ4v) is 2.51. The van der Waals surface area contributed by atoms with Crippen LogP contribution in [-0.4, -0.2) is 30.0 Å². The van der Waals surface area contributed by atoms with Crippen LogP contribution in [0, 0.1) is 12.7 Å². The summed E-state index contributed by atoms with van der Waals surface area (Å²) in [7, 11) is 0. The van der Waals surface area contributed by atoms with Crippen LogP contribution < -0.4 is 10.6 Å². The standard InChI is InChI=1S/C15H16FN3O.2ClH/c1-9-13(15(20)19-12-4-5-17-8-12)6-10-2-3-11(16)7-14(10)18-9;;/h2-3,6-7,12,17H,4-5,8H2,1H3,(H,19,20);2*1H. The Kier molecular flexibility index (Phi) is 6.53. The van der Waals surface area contributed by atoms with E-state index in [2.05, 4.69) is 15.6 Å². The van der Waals surface area contributed by atoms with Gasteiger partial charge in [0.1, 0.15) is 5.82 Å². The second-order valence-electron chi connectivity index (χ2n) is 5.12. The van der Waals surface area contributed by atoms with Gasteiger partial charge in [0.15, 0.2) is 0 Å². The zero-order valence-corrected chi connectivity index (χ0v) is 13.7. The van der Waals surface area contributed by atoms with Gasteiger partial charge in [-0.1, -0.05) is 0 Å². The van der Waals surface area contributed by atoms with Crippen LogP contribution in [0.25, 0.3) is 10.9 Å². The van der Waals surface area contributed by atoms with Crippen molar-refractivity contribution in [3.05, 3.63) is 41.3 Å². The van der Waals surface area contributed by atoms with Crippen molar-refractivity contribution in [2.45, 2.75) is 19.4 Å². The van der Waals surface area contributed by atoms with Gasteiger partial charge in [0.2, 0.25) is 0 Å². The smallest absolute Gasteiger partial charge is 0.253 e. The molecule has 1 aliphatic heterocycles. The molecule has 1 fully saturated rings. The van der Waals surface area contributed by atoms with E-state index in [9.17, 15) is 9.18 Å². The highest BCUT2D eigenvalue weighted by Crippen LogP contribution is 2.18. The van der Waals surface area contributed by atoms with Gasteiger partial charge in [-0.2, -0.15) is 0 Å². The number of pyridine rings is 1. The van der Waals surface area contributed by atoms with Crippen molar-refractivity contribution in [3.8, 4) is 0 Å². The molecule has 0 aliphatic carbocycles. The lowest BCUT2D eigenvalue weighted by Gasteiger charge is -2.13. The Hall–Kier alpha value is -1.43. The molecule has 0 radical (unpaired) electrons. The highest BCUT2D eigenvalue weighted by molar-refractivity contribution is 5.98. The van der Waals surface area contributed by atoms with E-state index in [0.29, 0.717) is 16.8 Å². The number of amides is 1. The molecule has 1 saturated heterocycles. The molecule has 22 heavy (non-hydrogen) atoms. The number of hydrogen-bond acceptors (Lipinski definition) is 3. The Balaban J connectivity index is 0.00000121. The molecule has 0 spiro atoms. The van der Waals surface area contributed by atoms with Crippen LogP contribution in [0.3, 0.4) is 0 Å². The third-order valence-electron chi connectivity index (χ3n) is 3.61. The SMILES string of the molecule is Cc1nc2cc(F)ccc2cc1C(=O)NC1CCNC1.Cl.Cl. The van der Waals surface area contributed by atoms with Gasteiger partial charge >= 0.3 is 0 Å². The number of halogens is 3. The van der Waals surface area contributed by atoms with E-state index in [0.717, 1.165) is 24.9 Å². The van der Waals surface area contributed by atoms with Gasteiger partial charge in [-0.05, 0) is 38.1 Å². The van der Waals surface area contributed by atoms with Gasteiger partial charge in [0.25, 0.3) is 5.91 Å². The number of fused-ring (bicyclic) bond motifs is 1. The fraction of sp³-hybridized carbons (Fsp3) is 0.333. The van der Waals surface area contributed by atoms with Crippen molar-refractivity contribution >= 4 is 41.6 Å². The molecule has 1 aromatic carbocycles. The maximum atomic E-state index is 13.2. The van der Waals surface area contributed by atoms with Gasteiger partial charge in [0, 0.05) is 24.0 Å². The number of carbonyl (C=O) groups excluding carboxylic acids is 1. The number of nitrogens with zero attached hydrogens (tertiary/aromatic N) is 1. The van der Waals surface area contributed by atoms with Crippen LogP contribution in [0.4, 0.5) is 4.39 Å². The third-order valence-corrected chi connectivity index (χ3v) is 3.61. The van der Waals surface area contributed by atoms with E-state index in [1.165, 1.54) is 12.1 Å². The molecular formula is C15H18Cl2FN3O. The number of hydrogen-bond donors (Lipinski definition) is 2. The molecule has 2 heterocycles. The molecule has 0 saturated carbocycles. The predicted molar refractivity (Wildman–Crippen MR) is 89.7 cm³/mol. The molecule has 2 aromatic rings. The molecule has 1 unspecified atom stereocenters. The van der Waals surface area contributed by atoms with Crippen LogP contribution in [0.15, 0.2) is 24.3 Å². The molecule has 1 amide bonds. The maximum Gasteiger partial charge on any atom is 0.253 e. The number of aromatic nitrogens is 1. The van der Waals surface area contributed by atoms with Crippen molar-refractivity contribution in [1.82, 2.24) is 15.6 Å².